The highest BCUT2D eigenvalue weighted by Crippen LogP contribution is 2.16. The Labute approximate surface area is 153 Å². The summed E-state index contributed by atoms with van der Waals surface area (Å²) in [5, 5.41) is 1.48. The van der Waals surface area contributed by atoms with Gasteiger partial charge in [-0.05, 0) is 37.8 Å². The molecule has 134 valence electrons. The first-order valence-electron chi connectivity index (χ1n) is 9.19. The van der Waals surface area contributed by atoms with Crippen molar-refractivity contribution in [2.24, 2.45) is 5.73 Å². The van der Waals surface area contributed by atoms with Gasteiger partial charge in [0.2, 0.25) is 0 Å². The Morgan fingerprint density at radius 3 is 2.12 bits per heavy atom. The normalized spacial score (nSPS) is 12.8. The molecule has 2 aromatic carbocycles. The van der Waals surface area contributed by atoms with Crippen LogP contribution in [0.2, 0.25) is 19.1 Å². The number of aryl methyl sites for hydroxylation is 2. The second-order valence-corrected chi connectivity index (χ2v) is 12.7. The quantitative estimate of drug-likeness (QED) is 0.729. The lowest BCUT2D eigenvalue weighted by atomic mass is 10.0. The van der Waals surface area contributed by atoms with E-state index in [2.05, 4.69) is 68.5 Å². The summed E-state index contributed by atoms with van der Waals surface area (Å²) in [6.07, 6.45) is 3.02. The fourth-order valence-electron chi connectivity index (χ4n) is 3.12. The van der Waals surface area contributed by atoms with Crippen LogP contribution in [0.3, 0.4) is 0 Å². The minimum Gasteiger partial charge on any atom is -0.321 e. The van der Waals surface area contributed by atoms with Gasteiger partial charge in [-0.1, -0.05) is 84.8 Å². The average molecular weight is 354 g/mol. The lowest BCUT2D eigenvalue weighted by Crippen LogP contribution is -2.41. The molecule has 0 bridgehead atoms. The molecule has 2 rings (SSSR count). The molecule has 1 atom stereocenters. The molecule has 0 aromatic heterocycles. The van der Waals surface area contributed by atoms with E-state index in [1.165, 1.54) is 28.8 Å². The second-order valence-electron chi connectivity index (χ2n) is 7.84. The smallest absolute Gasteiger partial charge is 0.146 e. The summed E-state index contributed by atoms with van der Waals surface area (Å²) in [7, 11) is -1.43. The first-order chi connectivity index (χ1) is 11.8. The van der Waals surface area contributed by atoms with E-state index in [-0.39, 0.29) is 11.8 Å². The summed E-state index contributed by atoms with van der Waals surface area (Å²) in [5.74, 6) is 0.0508. The van der Waals surface area contributed by atoms with Gasteiger partial charge in [-0.2, -0.15) is 0 Å². The molecule has 0 aliphatic heterocycles. The summed E-state index contributed by atoms with van der Waals surface area (Å²) >= 11 is 0. The topological polar surface area (TPSA) is 43.1 Å². The van der Waals surface area contributed by atoms with Gasteiger partial charge in [0.25, 0.3) is 0 Å². The predicted octanol–water partition coefficient (Wildman–Crippen LogP) is 4.00. The van der Waals surface area contributed by atoms with Gasteiger partial charge in [-0.25, -0.2) is 0 Å². The Bertz CT molecular complexity index is 689. The first kappa shape index (κ1) is 19.6. The zero-order valence-corrected chi connectivity index (χ0v) is 17.0. The number of Topliss-reactive ketones (excluding diaryl/α,β-unsaturated/α-hetero) is 1. The third-order valence-electron chi connectivity index (χ3n) is 5.10. The molecular formula is C22H31NOSi. The first-order valence-corrected chi connectivity index (χ1v) is 12.4. The maximum Gasteiger partial charge on any atom is 0.146 e. The van der Waals surface area contributed by atoms with Gasteiger partial charge in [0, 0.05) is 0 Å². The monoisotopic (exact) mass is 353 g/mol. The van der Waals surface area contributed by atoms with Crippen LogP contribution in [0.15, 0.2) is 48.5 Å². The van der Waals surface area contributed by atoms with Crippen molar-refractivity contribution in [2.75, 3.05) is 0 Å². The molecule has 0 heterocycles. The summed E-state index contributed by atoms with van der Waals surface area (Å²) in [6.45, 7) is 8.58. The summed E-state index contributed by atoms with van der Waals surface area (Å²) < 4.78 is 0. The molecule has 2 N–H and O–H groups in total. The SMILES string of the molecule is CC(=O)C(N)Cc1ccc([Si](C)(C)CCCc2ccc(C)cc2)cc1. The van der Waals surface area contributed by atoms with Crippen LogP contribution in [0.1, 0.15) is 30.0 Å². The van der Waals surface area contributed by atoms with Crippen molar-refractivity contribution < 1.29 is 4.79 Å². The largest absolute Gasteiger partial charge is 0.321 e. The van der Waals surface area contributed by atoms with Crippen LogP contribution in [0.25, 0.3) is 0 Å². The van der Waals surface area contributed by atoms with Gasteiger partial charge < -0.3 is 5.73 Å². The number of benzene rings is 2. The lowest BCUT2D eigenvalue weighted by Gasteiger charge is -2.23. The second kappa shape index (κ2) is 8.59. The van der Waals surface area contributed by atoms with Gasteiger partial charge in [-0.15, -0.1) is 0 Å². The van der Waals surface area contributed by atoms with Gasteiger partial charge in [0.1, 0.15) is 5.78 Å². The standard InChI is InChI=1S/C22H31NOSi/c1-17-7-9-19(10-8-17)6-5-15-25(3,4)21-13-11-20(12-14-21)16-22(23)18(2)24/h7-14,22H,5-6,15-16,23H2,1-4H3. The van der Waals surface area contributed by atoms with Crippen molar-refractivity contribution in [3.05, 3.63) is 65.2 Å². The number of nitrogens with two attached hydrogens (primary N) is 1. The number of carbonyl (C=O) groups is 1. The molecule has 2 aromatic rings. The molecule has 0 aliphatic rings. The van der Waals surface area contributed by atoms with Crippen molar-refractivity contribution in [3.63, 3.8) is 0 Å². The van der Waals surface area contributed by atoms with Crippen molar-refractivity contribution in [1.82, 2.24) is 0 Å². The molecule has 2 nitrogen and oxygen atoms in total. The molecule has 1 unspecified atom stereocenters. The fourth-order valence-corrected chi connectivity index (χ4v) is 5.54. The molecule has 0 aliphatic carbocycles. The zero-order valence-electron chi connectivity index (χ0n) is 16.0. The van der Waals surface area contributed by atoms with E-state index in [0.29, 0.717) is 6.42 Å². The highest BCUT2D eigenvalue weighted by Gasteiger charge is 2.22. The van der Waals surface area contributed by atoms with Crippen LogP contribution in [0.5, 0.6) is 0 Å². The summed E-state index contributed by atoms with van der Waals surface area (Å²) in [6, 6.07) is 18.6. The van der Waals surface area contributed by atoms with E-state index in [1.807, 2.05) is 0 Å². The van der Waals surface area contributed by atoms with Crippen LogP contribution < -0.4 is 10.9 Å². The summed E-state index contributed by atoms with van der Waals surface area (Å²) in [4.78, 5) is 11.3. The lowest BCUT2D eigenvalue weighted by molar-refractivity contribution is -0.118. The average Bonchev–Trinajstić information content (AvgIpc) is 2.57. The Kier molecular flexibility index (Phi) is 6.74. The predicted molar refractivity (Wildman–Crippen MR) is 110 cm³/mol. The van der Waals surface area contributed by atoms with Crippen molar-refractivity contribution in [1.29, 1.82) is 0 Å². The van der Waals surface area contributed by atoms with Crippen LogP contribution in [-0.2, 0) is 17.6 Å². The zero-order chi connectivity index (χ0) is 18.4. The Balaban J connectivity index is 1.92. The van der Waals surface area contributed by atoms with E-state index >= 15 is 0 Å². The molecule has 0 radical (unpaired) electrons. The maximum absolute atomic E-state index is 11.3. The molecule has 3 heteroatoms. The van der Waals surface area contributed by atoms with Crippen molar-refractivity contribution in [3.8, 4) is 0 Å². The minimum absolute atomic E-state index is 0.0508. The molecule has 0 spiro atoms. The van der Waals surface area contributed by atoms with Crippen LogP contribution in [-0.4, -0.2) is 19.9 Å². The number of carbonyl (C=O) groups excluding carboxylic acids is 1. The third kappa shape index (κ3) is 5.94. The van der Waals surface area contributed by atoms with E-state index in [1.54, 1.807) is 6.92 Å². The molecule has 0 saturated heterocycles. The summed E-state index contributed by atoms with van der Waals surface area (Å²) in [5.41, 5.74) is 9.77. The third-order valence-corrected chi connectivity index (χ3v) is 8.60. The Morgan fingerprint density at radius 1 is 1.00 bits per heavy atom. The molecular weight excluding hydrogens is 322 g/mol. The minimum atomic E-state index is -1.43. The maximum atomic E-state index is 11.3. The van der Waals surface area contributed by atoms with E-state index < -0.39 is 8.07 Å². The van der Waals surface area contributed by atoms with E-state index in [9.17, 15) is 4.79 Å². The van der Waals surface area contributed by atoms with Gasteiger partial charge in [0.05, 0.1) is 14.1 Å². The Morgan fingerprint density at radius 2 is 1.56 bits per heavy atom. The highest BCUT2D eigenvalue weighted by molar-refractivity contribution is 6.89. The van der Waals surface area contributed by atoms with Gasteiger partial charge in [-0.3, -0.25) is 4.79 Å². The Hall–Kier alpha value is -1.71. The van der Waals surface area contributed by atoms with E-state index in [4.69, 9.17) is 5.73 Å². The molecule has 0 fully saturated rings. The molecule has 0 amide bonds. The molecule has 0 saturated carbocycles. The van der Waals surface area contributed by atoms with Gasteiger partial charge >= 0.3 is 0 Å². The van der Waals surface area contributed by atoms with Crippen LogP contribution in [0, 0.1) is 6.92 Å². The number of rotatable bonds is 8. The van der Waals surface area contributed by atoms with Gasteiger partial charge in [0.15, 0.2) is 0 Å². The fraction of sp³-hybridized carbons (Fsp3) is 0.409. The van der Waals surface area contributed by atoms with Crippen LogP contribution in [0.4, 0.5) is 0 Å². The van der Waals surface area contributed by atoms with E-state index in [0.717, 1.165) is 12.0 Å². The number of hydrogen-bond acceptors (Lipinski definition) is 2. The van der Waals surface area contributed by atoms with Crippen molar-refractivity contribution >= 4 is 19.0 Å². The number of ketones is 1. The number of hydrogen-bond donors (Lipinski definition) is 1. The molecule has 25 heavy (non-hydrogen) atoms. The van der Waals surface area contributed by atoms with Crippen LogP contribution >= 0.6 is 0 Å². The van der Waals surface area contributed by atoms with Crippen molar-refractivity contribution in [2.45, 2.75) is 58.3 Å². The highest BCUT2D eigenvalue weighted by atomic mass is 28.3.